The number of nitrogens with zero attached hydrogens (tertiary/aromatic N) is 5. The Bertz CT molecular complexity index is 828. The summed E-state index contributed by atoms with van der Waals surface area (Å²) in [6, 6.07) is 6.99. The van der Waals surface area contributed by atoms with Crippen molar-refractivity contribution in [1.29, 1.82) is 0 Å². The predicted molar refractivity (Wildman–Crippen MR) is 82.0 cm³/mol. The minimum atomic E-state index is -0.196. The van der Waals surface area contributed by atoms with Crippen molar-refractivity contribution in [2.45, 2.75) is 18.9 Å². The van der Waals surface area contributed by atoms with Gasteiger partial charge in [0.15, 0.2) is 5.65 Å². The molecular formula is C16H16FN5. The molecule has 3 aromatic rings. The van der Waals surface area contributed by atoms with Gasteiger partial charge in [-0.15, -0.1) is 0 Å². The van der Waals surface area contributed by atoms with Gasteiger partial charge in [-0.3, -0.25) is 4.68 Å². The van der Waals surface area contributed by atoms with Crippen LogP contribution in [0.2, 0.25) is 0 Å². The number of benzene rings is 1. The van der Waals surface area contributed by atoms with E-state index in [9.17, 15) is 4.39 Å². The molecule has 2 aromatic heterocycles. The molecule has 0 N–H and O–H groups in total. The monoisotopic (exact) mass is 297 g/mol. The fourth-order valence-corrected chi connectivity index (χ4v) is 3.26. The lowest BCUT2D eigenvalue weighted by atomic mass is 10.0. The molecular weight excluding hydrogens is 281 g/mol. The third-order valence-electron chi connectivity index (χ3n) is 4.27. The second kappa shape index (κ2) is 5.05. The molecule has 0 bridgehead atoms. The van der Waals surface area contributed by atoms with Crippen LogP contribution in [0, 0.1) is 5.82 Å². The molecule has 1 aromatic carbocycles. The van der Waals surface area contributed by atoms with Gasteiger partial charge in [0.25, 0.3) is 0 Å². The lowest BCUT2D eigenvalue weighted by molar-refractivity contribution is 0.618. The smallest absolute Gasteiger partial charge is 0.163 e. The number of halogens is 1. The van der Waals surface area contributed by atoms with E-state index in [2.05, 4.69) is 20.0 Å². The molecule has 6 heteroatoms. The fraction of sp³-hybridized carbons (Fsp3) is 0.312. The maximum absolute atomic E-state index is 13.5. The van der Waals surface area contributed by atoms with Gasteiger partial charge in [-0.25, -0.2) is 14.4 Å². The highest BCUT2D eigenvalue weighted by atomic mass is 19.1. The van der Waals surface area contributed by atoms with Crippen LogP contribution in [0.25, 0.3) is 11.0 Å². The van der Waals surface area contributed by atoms with Crippen molar-refractivity contribution in [1.82, 2.24) is 19.7 Å². The van der Waals surface area contributed by atoms with E-state index in [0.717, 1.165) is 41.8 Å². The van der Waals surface area contributed by atoms with Gasteiger partial charge < -0.3 is 4.90 Å². The Balaban J connectivity index is 1.80. The number of hydrogen-bond acceptors (Lipinski definition) is 4. The minimum Gasteiger partial charge on any atom is -0.349 e. The zero-order chi connectivity index (χ0) is 15.1. The third-order valence-corrected chi connectivity index (χ3v) is 4.27. The standard InChI is InChI=1S/C16H16FN5/c1-21-15-13(9-20-21)16(19-10-18-15)22-7-3-6-14(22)11-4-2-5-12(17)8-11/h2,4-5,8-10,14H,3,6-7H2,1H3/t14-/m0/s1. The Morgan fingerprint density at radius 3 is 3.05 bits per heavy atom. The number of aryl methyl sites for hydroxylation is 1. The first kappa shape index (κ1) is 13.2. The minimum absolute atomic E-state index is 0.147. The first-order valence-corrected chi connectivity index (χ1v) is 7.39. The van der Waals surface area contributed by atoms with Crippen LogP contribution in [0.3, 0.4) is 0 Å². The number of hydrogen-bond donors (Lipinski definition) is 0. The van der Waals surface area contributed by atoms with E-state index in [4.69, 9.17) is 0 Å². The van der Waals surface area contributed by atoms with Crippen LogP contribution in [0.15, 0.2) is 36.8 Å². The summed E-state index contributed by atoms with van der Waals surface area (Å²) < 4.78 is 15.3. The van der Waals surface area contributed by atoms with Crippen LogP contribution in [-0.2, 0) is 7.05 Å². The second-order valence-electron chi connectivity index (χ2n) is 5.61. The first-order valence-electron chi connectivity index (χ1n) is 7.39. The Hall–Kier alpha value is -2.50. The van der Waals surface area contributed by atoms with Crippen molar-refractivity contribution in [2.24, 2.45) is 7.05 Å². The number of fused-ring (bicyclic) bond motifs is 1. The van der Waals surface area contributed by atoms with E-state index in [-0.39, 0.29) is 11.9 Å². The summed E-state index contributed by atoms with van der Waals surface area (Å²) in [5.41, 5.74) is 1.81. The number of anilines is 1. The van der Waals surface area contributed by atoms with E-state index < -0.39 is 0 Å². The van der Waals surface area contributed by atoms with Crippen molar-refractivity contribution < 1.29 is 4.39 Å². The van der Waals surface area contributed by atoms with Crippen LogP contribution in [0.1, 0.15) is 24.4 Å². The molecule has 1 saturated heterocycles. The highest BCUT2D eigenvalue weighted by molar-refractivity contribution is 5.87. The molecule has 1 atom stereocenters. The maximum atomic E-state index is 13.5. The molecule has 0 spiro atoms. The van der Waals surface area contributed by atoms with Crippen molar-refractivity contribution in [2.75, 3.05) is 11.4 Å². The topological polar surface area (TPSA) is 46.8 Å². The summed E-state index contributed by atoms with van der Waals surface area (Å²) >= 11 is 0. The summed E-state index contributed by atoms with van der Waals surface area (Å²) in [6.45, 7) is 0.905. The molecule has 22 heavy (non-hydrogen) atoms. The SMILES string of the molecule is Cn1ncc2c(N3CCC[C@H]3c3cccc(F)c3)ncnc21. The Morgan fingerprint density at radius 1 is 1.27 bits per heavy atom. The molecule has 0 unspecified atom stereocenters. The van der Waals surface area contributed by atoms with Crippen molar-refractivity contribution in [3.8, 4) is 0 Å². The van der Waals surface area contributed by atoms with E-state index in [0.29, 0.717) is 0 Å². The molecule has 1 aliphatic heterocycles. The zero-order valence-corrected chi connectivity index (χ0v) is 12.3. The predicted octanol–water partition coefficient (Wildman–Crippen LogP) is 2.84. The Kier molecular flexibility index (Phi) is 3.03. The zero-order valence-electron chi connectivity index (χ0n) is 12.3. The number of aromatic nitrogens is 4. The molecule has 3 heterocycles. The molecule has 0 saturated carbocycles. The Labute approximate surface area is 127 Å². The van der Waals surface area contributed by atoms with Gasteiger partial charge in [0.2, 0.25) is 0 Å². The molecule has 4 rings (SSSR count). The molecule has 1 aliphatic rings. The average Bonchev–Trinajstić information content (AvgIpc) is 3.14. The highest BCUT2D eigenvalue weighted by Crippen LogP contribution is 2.37. The van der Waals surface area contributed by atoms with Crippen LogP contribution >= 0.6 is 0 Å². The van der Waals surface area contributed by atoms with Gasteiger partial charge in [0, 0.05) is 13.6 Å². The summed E-state index contributed by atoms with van der Waals surface area (Å²) in [4.78, 5) is 11.0. The van der Waals surface area contributed by atoms with Gasteiger partial charge in [-0.1, -0.05) is 12.1 Å². The summed E-state index contributed by atoms with van der Waals surface area (Å²) in [7, 11) is 1.87. The molecule has 112 valence electrons. The van der Waals surface area contributed by atoms with E-state index in [1.165, 1.54) is 6.07 Å². The number of rotatable bonds is 2. The maximum Gasteiger partial charge on any atom is 0.163 e. The van der Waals surface area contributed by atoms with Gasteiger partial charge in [-0.2, -0.15) is 5.10 Å². The van der Waals surface area contributed by atoms with Gasteiger partial charge >= 0.3 is 0 Å². The normalized spacial score (nSPS) is 18.3. The van der Waals surface area contributed by atoms with Gasteiger partial charge in [0.05, 0.1) is 17.6 Å². The fourth-order valence-electron chi connectivity index (χ4n) is 3.26. The second-order valence-corrected chi connectivity index (χ2v) is 5.61. The average molecular weight is 297 g/mol. The lowest BCUT2D eigenvalue weighted by Crippen LogP contribution is -2.24. The van der Waals surface area contributed by atoms with Crippen LogP contribution in [-0.4, -0.2) is 26.3 Å². The first-order chi connectivity index (χ1) is 10.7. The van der Waals surface area contributed by atoms with Crippen molar-refractivity contribution in [3.63, 3.8) is 0 Å². The summed E-state index contributed by atoms with van der Waals surface area (Å²) in [6.07, 6.45) is 5.42. The lowest BCUT2D eigenvalue weighted by Gasteiger charge is -2.26. The van der Waals surface area contributed by atoms with Crippen molar-refractivity contribution >= 4 is 16.9 Å². The van der Waals surface area contributed by atoms with Gasteiger partial charge in [-0.05, 0) is 30.5 Å². The summed E-state index contributed by atoms with van der Waals surface area (Å²) in [5.74, 6) is 0.684. The van der Waals surface area contributed by atoms with Crippen molar-refractivity contribution in [3.05, 3.63) is 48.2 Å². The quantitative estimate of drug-likeness (QED) is 0.730. The van der Waals surface area contributed by atoms with Crippen LogP contribution in [0.4, 0.5) is 10.2 Å². The van der Waals surface area contributed by atoms with Gasteiger partial charge in [0.1, 0.15) is 18.0 Å². The van der Waals surface area contributed by atoms with Crippen LogP contribution in [0.5, 0.6) is 0 Å². The van der Waals surface area contributed by atoms with E-state index >= 15 is 0 Å². The third kappa shape index (κ3) is 2.03. The van der Waals surface area contributed by atoms with E-state index in [1.54, 1.807) is 29.3 Å². The molecule has 5 nitrogen and oxygen atoms in total. The van der Waals surface area contributed by atoms with E-state index in [1.807, 2.05) is 13.1 Å². The van der Waals surface area contributed by atoms with Crippen LogP contribution < -0.4 is 4.90 Å². The molecule has 0 radical (unpaired) electrons. The summed E-state index contributed by atoms with van der Waals surface area (Å²) in [5, 5.41) is 5.21. The Morgan fingerprint density at radius 2 is 2.18 bits per heavy atom. The molecule has 0 aliphatic carbocycles. The molecule has 1 fully saturated rings. The largest absolute Gasteiger partial charge is 0.349 e. The molecule has 0 amide bonds. The highest BCUT2D eigenvalue weighted by Gasteiger charge is 2.29.